The lowest BCUT2D eigenvalue weighted by Crippen LogP contribution is -1.97. The molecule has 0 amide bonds. The van der Waals surface area contributed by atoms with Gasteiger partial charge < -0.3 is 4.74 Å². The minimum Gasteiger partial charge on any atom is -0.449 e. The molecule has 0 radical (unpaired) electrons. The molecule has 0 saturated carbocycles. The van der Waals surface area contributed by atoms with E-state index in [-0.39, 0.29) is 12.0 Å². The topological polar surface area (TPSA) is 71.9 Å². The van der Waals surface area contributed by atoms with E-state index >= 15 is 0 Å². The minimum absolute atomic E-state index is 0.218. The molecule has 82 valence electrons. The van der Waals surface area contributed by atoms with Crippen LogP contribution in [0.25, 0.3) is 0 Å². The van der Waals surface area contributed by atoms with E-state index in [1.54, 1.807) is 0 Å². The van der Waals surface area contributed by atoms with Crippen molar-refractivity contribution in [2.24, 2.45) is 0 Å². The Kier molecular flexibility index (Phi) is 4.61. The molecule has 0 aliphatic carbocycles. The third kappa shape index (κ3) is 3.98. The number of hydrogen-bond acceptors (Lipinski definition) is 5. The molecular weight excluding hydrogens is 194 g/mol. The van der Waals surface area contributed by atoms with Gasteiger partial charge in [-0.3, -0.25) is 4.52 Å². The first kappa shape index (κ1) is 11.5. The Labute approximate surface area is 89.0 Å². The van der Waals surface area contributed by atoms with E-state index in [4.69, 9.17) is 14.5 Å². The van der Waals surface area contributed by atoms with Crippen molar-refractivity contribution in [3.8, 4) is 12.1 Å². The van der Waals surface area contributed by atoms with Gasteiger partial charge in [0.15, 0.2) is 5.82 Å². The third-order valence-electron chi connectivity index (χ3n) is 1.85. The van der Waals surface area contributed by atoms with Gasteiger partial charge in [0.05, 0.1) is 12.7 Å². The van der Waals surface area contributed by atoms with Crippen molar-refractivity contribution in [2.75, 3.05) is 6.61 Å². The molecule has 0 aliphatic heterocycles. The summed E-state index contributed by atoms with van der Waals surface area (Å²) in [5.41, 5.74) is 0. The Morgan fingerprint density at radius 1 is 1.47 bits per heavy atom. The van der Waals surface area contributed by atoms with Gasteiger partial charge in [-0.2, -0.15) is 10.2 Å². The van der Waals surface area contributed by atoms with Gasteiger partial charge in [0, 0.05) is 12.3 Å². The van der Waals surface area contributed by atoms with Crippen molar-refractivity contribution in [3.63, 3.8) is 0 Å². The molecule has 15 heavy (non-hydrogen) atoms. The Balaban J connectivity index is 2.23. The summed E-state index contributed by atoms with van der Waals surface area (Å²) in [5, 5.41) is 12.1. The van der Waals surface area contributed by atoms with Crippen LogP contribution in [-0.4, -0.2) is 16.7 Å². The second-order valence-corrected chi connectivity index (χ2v) is 3.54. The number of unbranched alkanes of at least 4 members (excludes halogenated alkanes) is 2. The van der Waals surface area contributed by atoms with Crippen molar-refractivity contribution in [1.29, 1.82) is 5.26 Å². The summed E-state index contributed by atoms with van der Waals surface area (Å²) in [6.45, 7) is 4.49. The number of aromatic nitrogens is 2. The zero-order chi connectivity index (χ0) is 11.1. The summed E-state index contributed by atoms with van der Waals surface area (Å²) >= 11 is 0. The van der Waals surface area contributed by atoms with Gasteiger partial charge in [-0.25, -0.2) is 0 Å². The van der Waals surface area contributed by atoms with E-state index in [1.807, 2.05) is 13.8 Å². The van der Waals surface area contributed by atoms with Crippen molar-refractivity contribution < 1.29 is 9.26 Å². The zero-order valence-electron chi connectivity index (χ0n) is 9.06. The lowest BCUT2D eigenvalue weighted by molar-refractivity contribution is 0.200. The Bertz CT molecular complexity index is 328. The molecule has 1 rings (SSSR count). The molecule has 0 spiro atoms. The number of nitrogens with zero attached hydrogens (tertiary/aromatic N) is 3. The highest BCUT2D eigenvalue weighted by Gasteiger charge is 2.09. The molecule has 0 unspecified atom stereocenters. The molecule has 1 aromatic rings. The van der Waals surface area contributed by atoms with Crippen LogP contribution in [0.15, 0.2) is 4.52 Å². The van der Waals surface area contributed by atoms with Gasteiger partial charge in [-0.05, 0) is 12.8 Å². The zero-order valence-corrected chi connectivity index (χ0v) is 9.06. The molecule has 0 saturated heterocycles. The molecule has 5 nitrogen and oxygen atoms in total. The number of hydrogen-bond donors (Lipinski definition) is 0. The fraction of sp³-hybridized carbons (Fsp3) is 0.700. The summed E-state index contributed by atoms with van der Waals surface area (Å²) < 4.78 is 10.1. The number of rotatable bonds is 6. The largest absolute Gasteiger partial charge is 0.449 e. The molecule has 0 atom stereocenters. The SMILES string of the molecule is CC(C)c1noc(OCCCCC#N)n1. The van der Waals surface area contributed by atoms with Crippen LogP contribution in [-0.2, 0) is 0 Å². The Morgan fingerprint density at radius 3 is 2.87 bits per heavy atom. The smallest absolute Gasteiger partial charge is 0.417 e. The maximum Gasteiger partial charge on any atom is 0.417 e. The highest BCUT2D eigenvalue weighted by molar-refractivity contribution is 4.94. The fourth-order valence-electron chi connectivity index (χ4n) is 0.979. The van der Waals surface area contributed by atoms with E-state index in [0.717, 1.165) is 12.8 Å². The molecular formula is C10H15N3O2. The van der Waals surface area contributed by atoms with Crippen LogP contribution in [0.5, 0.6) is 6.08 Å². The fourth-order valence-corrected chi connectivity index (χ4v) is 0.979. The van der Waals surface area contributed by atoms with E-state index in [0.29, 0.717) is 18.9 Å². The summed E-state index contributed by atoms with van der Waals surface area (Å²) in [4.78, 5) is 4.06. The quantitative estimate of drug-likeness (QED) is 0.672. The normalized spacial score (nSPS) is 10.3. The summed E-state index contributed by atoms with van der Waals surface area (Å²) in [6, 6.07) is 2.08. The predicted molar refractivity (Wildman–Crippen MR) is 53.3 cm³/mol. The molecule has 1 heterocycles. The molecule has 5 heteroatoms. The summed E-state index contributed by atoms with van der Waals surface area (Å²) in [5.74, 6) is 0.895. The van der Waals surface area contributed by atoms with E-state index in [9.17, 15) is 0 Å². The average Bonchev–Trinajstić information content (AvgIpc) is 2.66. The van der Waals surface area contributed by atoms with Crippen LogP contribution in [0.2, 0.25) is 0 Å². The van der Waals surface area contributed by atoms with Gasteiger partial charge in [-0.15, -0.1) is 0 Å². The molecule has 0 fully saturated rings. The van der Waals surface area contributed by atoms with Crippen LogP contribution in [0.3, 0.4) is 0 Å². The monoisotopic (exact) mass is 209 g/mol. The molecule has 0 aromatic carbocycles. The van der Waals surface area contributed by atoms with Gasteiger partial charge in [0.1, 0.15) is 0 Å². The van der Waals surface area contributed by atoms with E-state index in [2.05, 4.69) is 16.2 Å². The highest BCUT2D eigenvalue weighted by Crippen LogP contribution is 2.14. The van der Waals surface area contributed by atoms with Gasteiger partial charge in [0.2, 0.25) is 0 Å². The Morgan fingerprint density at radius 2 is 2.27 bits per heavy atom. The molecule has 0 N–H and O–H groups in total. The van der Waals surface area contributed by atoms with Crippen LogP contribution < -0.4 is 4.74 Å². The molecule has 0 aliphatic rings. The second kappa shape index (κ2) is 6.02. The summed E-state index contributed by atoms with van der Waals surface area (Å²) in [6.07, 6.45) is 2.44. The summed E-state index contributed by atoms with van der Waals surface area (Å²) in [7, 11) is 0. The molecule has 0 bridgehead atoms. The maximum atomic E-state index is 8.32. The van der Waals surface area contributed by atoms with Gasteiger partial charge >= 0.3 is 6.08 Å². The predicted octanol–water partition coefficient (Wildman–Crippen LogP) is 2.27. The first-order chi connectivity index (χ1) is 7.24. The van der Waals surface area contributed by atoms with Crippen LogP contribution in [0.4, 0.5) is 0 Å². The van der Waals surface area contributed by atoms with Crippen LogP contribution in [0, 0.1) is 11.3 Å². The lowest BCUT2D eigenvalue weighted by atomic mass is 10.2. The van der Waals surface area contributed by atoms with Crippen LogP contribution >= 0.6 is 0 Å². The van der Waals surface area contributed by atoms with Crippen LogP contribution in [0.1, 0.15) is 44.9 Å². The Hall–Kier alpha value is -1.57. The standard InChI is InChI=1S/C10H15N3O2/c1-8(2)9-12-10(15-13-9)14-7-5-3-4-6-11/h8H,3-5,7H2,1-2H3. The number of nitriles is 1. The number of ether oxygens (including phenoxy) is 1. The lowest BCUT2D eigenvalue weighted by Gasteiger charge is -1.97. The van der Waals surface area contributed by atoms with Crippen molar-refractivity contribution >= 4 is 0 Å². The molecule has 1 aromatic heterocycles. The third-order valence-corrected chi connectivity index (χ3v) is 1.85. The van der Waals surface area contributed by atoms with Crippen molar-refractivity contribution in [1.82, 2.24) is 10.1 Å². The highest BCUT2D eigenvalue weighted by atomic mass is 16.6. The van der Waals surface area contributed by atoms with Gasteiger partial charge in [0.25, 0.3) is 0 Å². The minimum atomic E-state index is 0.218. The van der Waals surface area contributed by atoms with E-state index < -0.39 is 0 Å². The maximum absolute atomic E-state index is 8.32. The first-order valence-electron chi connectivity index (χ1n) is 5.07. The average molecular weight is 209 g/mol. The van der Waals surface area contributed by atoms with E-state index in [1.165, 1.54) is 0 Å². The van der Waals surface area contributed by atoms with Crippen molar-refractivity contribution in [2.45, 2.75) is 39.0 Å². The van der Waals surface area contributed by atoms with Crippen molar-refractivity contribution in [3.05, 3.63) is 5.82 Å². The second-order valence-electron chi connectivity index (χ2n) is 3.54. The first-order valence-corrected chi connectivity index (χ1v) is 5.07. The van der Waals surface area contributed by atoms with Gasteiger partial charge in [-0.1, -0.05) is 19.0 Å².